The molecular weight excluding hydrogens is 460 g/mol. The molecule has 35 heavy (non-hydrogen) atoms. The lowest BCUT2D eigenvalue weighted by atomic mass is 9.74. The molecule has 0 bridgehead atoms. The van der Waals surface area contributed by atoms with Gasteiger partial charge in [-0.2, -0.15) is 0 Å². The number of hydrogen-bond acceptors (Lipinski definition) is 6. The lowest BCUT2D eigenvalue weighted by Crippen LogP contribution is -2.57. The highest BCUT2D eigenvalue weighted by Gasteiger charge is 2.48. The van der Waals surface area contributed by atoms with Crippen LogP contribution in [0.4, 0.5) is 5.69 Å². The van der Waals surface area contributed by atoms with Crippen molar-refractivity contribution in [2.75, 3.05) is 36.8 Å². The lowest BCUT2D eigenvalue weighted by molar-refractivity contribution is -0.140. The van der Waals surface area contributed by atoms with Crippen molar-refractivity contribution in [3.05, 3.63) is 65.7 Å². The van der Waals surface area contributed by atoms with Crippen molar-refractivity contribution in [2.24, 2.45) is 5.73 Å². The van der Waals surface area contributed by atoms with Gasteiger partial charge in [0.2, 0.25) is 11.8 Å². The molecule has 2 amide bonds. The summed E-state index contributed by atoms with van der Waals surface area (Å²) in [5.74, 6) is -0.341. The molecular formula is C27H34N4O3S. The van der Waals surface area contributed by atoms with Crippen LogP contribution < -0.4 is 15.4 Å². The van der Waals surface area contributed by atoms with E-state index in [0.29, 0.717) is 32.5 Å². The number of nitrogens with two attached hydrogens (primary N) is 1. The molecule has 0 radical (unpaired) electrons. The van der Waals surface area contributed by atoms with E-state index in [-0.39, 0.29) is 23.8 Å². The summed E-state index contributed by atoms with van der Waals surface area (Å²) in [5, 5.41) is 2.90. The summed E-state index contributed by atoms with van der Waals surface area (Å²) in [5.41, 5.74) is 9.03. The number of rotatable bonds is 8. The molecule has 2 aromatic carbocycles. The number of carbonyl (C=O) groups is 2. The molecule has 2 aromatic rings. The van der Waals surface area contributed by atoms with Gasteiger partial charge in [0, 0.05) is 31.3 Å². The Morgan fingerprint density at radius 1 is 1.06 bits per heavy atom. The number of hydrogen-bond donors (Lipinski definition) is 2. The number of fused-ring (bicyclic) bond motifs is 2. The summed E-state index contributed by atoms with van der Waals surface area (Å²) in [6.45, 7) is 2.80. The number of amides is 2. The fraction of sp³-hybridized carbons (Fsp3) is 0.481. The van der Waals surface area contributed by atoms with Crippen LogP contribution >= 0.6 is 11.9 Å². The maximum Gasteiger partial charge on any atom is 0.247 e. The Labute approximate surface area is 211 Å². The van der Waals surface area contributed by atoms with E-state index in [0.717, 1.165) is 24.9 Å². The van der Waals surface area contributed by atoms with Crippen LogP contribution in [0.1, 0.15) is 36.8 Å². The number of para-hydroxylation sites is 1. The van der Waals surface area contributed by atoms with Crippen molar-refractivity contribution < 1.29 is 14.3 Å². The smallest absolute Gasteiger partial charge is 0.247 e. The number of nitrogens with zero attached hydrogens (tertiary/aromatic N) is 2. The van der Waals surface area contributed by atoms with Gasteiger partial charge in [-0.1, -0.05) is 60.5 Å². The average molecular weight is 495 g/mol. The van der Waals surface area contributed by atoms with Gasteiger partial charge in [-0.25, -0.2) is 0 Å². The van der Waals surface area contributed by atoms with Crippen LogP contribution in [0, 0.1) is 0 Å². The molecule has 3 aliphatic rings. The maximum atomic E-state index is 13.6. The predicted molar refractivity (Wildman–Crippen MR) is 139 cm³/mol. The van der Waals surface area contributed by atoms with Gasteiger partial charge in [0.05, 0.1) is 24.4 Å². The number of ether oxygens (including phenoxy) is 1. The van der Waals surface area contributed by atoms with E-state index < -0.39 is 11.6 Å². The highest BCUT2D eigenvalue weighted by molar-refractivity contribution is 8.00. The van der Waals surface area contributed by atoms with Crippen LogP contribution in [0.2, 0.25) is 0 Å². The highest BCUT2D eigenvalue weighted by atomic mass is 32.2. The molecule has 1 unspecified atom stereocenters. The van der Waals surface area contributed by atoms with Crippen molar-refractivity contribution in [2.45, 2.75) is 49.3 Å². The Kier molecular flexibility index (Phi) is 6.79. The van der Waals surface area contributed by atoms with Crippen LogP contribution in [-0.4, -0.2) is 60.8 Å². The van der Waals surface area contributed by atoms with Crippen LogP contribution in [0.25, 0.3) is 0 Å². The first-order chi connectivity index (χ1) is 16.9. The van der Waals surface area contributed by atoms with Gasteiger partial charge in [0.25, 0.3) is 0 Å². The molecule has 1 atom stereocenters. The van der Waals surface area contributed by atoms with Crippen LogP contribution in [0.5, 0.6) is 0 Å². The van der Waals surface area contributed by atoms with Gasteiger partial charge < -0.3 is 25.0 Å². The number of benzene rings is 2. The second-order valence-electron chi connectivity index (χ2n) is 10.0. The Morgan fingerprint density at radius 2 is 1.74 bits per heavy atom. The molecule has 2 aliphatic heterocycles. The number of piperidine rings is 1. The monoisotopic (exact) mass is 494 g/mol. The van der Waals surface area contributed by atoms with Crippen molar-refractivity contribution >= 4 is 29.4 Å². The molecule has 7 nitrogen and oxygen atoms in total. The number of carbonyl (C=O) groups excluding carboxylic acids is 2. The zero-order chi connectivity index (χ0) is 24.5. The number of nitrogens with one attached hydrogen (secondary N) is 1. The van der Waals surface area contributed by atoms with Crippen molar-refractivity contribution in [1.82, 2.24) is 10.2 Å². The van der Waals surface area contributed by atoms with E-state index in [4.69, 9.17) is 10.5 Å². The molecule has 1 aliphatic carbocycles. The highest BCUT2D eigenvalue weighted by Crippen LogP contribution is 2.48. The Morgan fingerprint density at radius 3 is 2.43 bits per heavy atom. The molecule has 2 fully saturated rings. The van der Waals surface area contributed by atoms with Crippen LogP contribution in [0.15, 0.2) is 54.6 Å². The molecule has 3 N–H and O–H groups in total. The van der Waals surface area contributed by atoms with Gasteiger partial charge >= 0.3 is 0 Å². The second kappa shape index (κ2) is 9.84. The van der Waals surface area contributed by atoms with Crippen molar-refractivity contribution in [1.29, 1.82) is 0 Å². The minimum absolute atomic E-state index is 0.0638. The minimum atomic E-state index is -0.835. The Hall–Kier alpha value is -2.55. The molecule has 1 saturated carbocycles. The van der Waals surface area contributed by atoms with E-state index in [1.165, 1.54) is 11.3 Å². The van der Waals surface area contributed by atoms with E-state index in [1.54, 1.807) is 11.9 Å². The van der Waals surface area contributed by atoms with Gasteiger partial charge in [-0.15, -0.1) is 0 Å². The summed E-state index contributed by atoms with van der Waals surface area (Å²) in [7, 11) is 0. The number of likely N-dealkylation sites (tertiary alicyclic amines) is 1. The van der Waals surface area contributed by atoms with E-state index in [9.17, 15) is 9.59 Å². The fourth-order valence-electron chi connectivity index (χ4n) is 5.26. The lowest BCUT2D eigenvalue weighted by Gasteiger charge is -2.41. The third kappa shape index (κ3) is 4.92. The molecule has 0 aromatic heterocycles. The van der Waals surface area contributed by atoms with Crippen molar-refractivity contribution in [3.8, 4) is 0 Å². The normalized spacial score (nSPS) is 20.4. The van der Waals surface area contributed by atoms with Gasteiger partial charge in [-0.05, 0) is 42.9 Å². The number of anilines is 1. The molecule has 186 valence electrons. The minimum Gasteiger partial charge on any atom is -0.374 e. The zero-order valence-electron chi connectivity index (χ0n) is 20.2. The summed E-state index contributed by atoms with van der Waals surface area (Å²) in [6, 6.07) is 17.7. The standard InChI is InChI=1S/C27H34N4O3S/c1-35-31-19-26(21-9-5-6-10-23(21)31)13-15-30(16-14-26)24(32)22(29-25(33)27(28)11-12-27)18-34-17-20-7-3-2-4-8-20/h2-10,22H,11-19,28H2,1H3,(H,29,33). The second-order valence-corrected chi connectivity index (χ2v) is 10.8. The largest absolute Gasteiger partial charge is 0.374 e. The SMILES string of the molecule is CSN1CC2(CCN(C(=O)C(COCc3ccccc3)NC(=O)C3(N)CC3)CC2)c2ccccc21. The Balaban J connectivity index is 1.25. The zero-order valence-corrected chi connectivity index (χ0v) is 21.1. The first-order valence-electron chi connectivity index (χ1n) is 12.4. The van der Waals surface area contributed by atoms with Gasteiger partial charge in [0.15, 0.2) is 0 Å². The van der Waals surface area contributed by atoms with E-state index in [1.807, 2.05) is 35.2 Å². The molecule has 8 heteroatoms. The third-order valence-corrected chi connectivity index (χ3v) is 8.45. The van der Waals surface area contributed by atoms with Crippen LogP contribution in [0.3, 0.4) is 0 Å². The van der Waals surface area contributed by atoms with E-state index in [2.05, 4.69) is 40.1 Å². The first kappa shape index (κ1) is 24.2. The van der Waals surface area contributed by atoms with Crippen molar-refractivity contribution in [3.63, 3.8) is 0 Å². The van der Waals surface area contributed by atoms with E-state index >= 15 is 0 Å². The molecule has 1 saturated heterocycles. The first-order valence-corrected chi connectivity index (χ1v) is 13.5. The summed E-state index contributed by atoms with van der Waals surface area (Å²) < 4.78 is 8.25. The summed E-state index contributed by atoms with van der Waals surface area (Å²) in [4.78, 5) is 28.2. The third-order valence-electron chi connectivity index (χ3n) is 7.68. The maximum absolute atomic E-state index is 13.6. The van der Waals surface area contributed by atoms with Crippen LogP contribution in [-0.2, 0) is 26.3 Å². The summed E-state index contributed by atoms with van der Waals surface area (Å²) >= 11 is 1.75. The average Bonchev–Trinajstić information content (AvgIpc) is 3.58. The molecule has 5 rings (SSSR count). The predicted octanol–water partition coefficient (Wildman–Crippen LogP) is 2.84. The van der Waals surface area contributed by atoms with Gasteiger partial charge in [-0.3, -0.25) is 9.59 Å². The fourth-order valence-corrected chi connectivity index (χ4v) is 5.99. The molecule has 2 heterocycles. The quantitative estimate of drug-likeness (QED) is 0.549. The van der Waals surface area contributed by atoms with Gasteiger partial charge in [0.1, 0.15) is 6.04 Å². The molecule has 1 spiro atoms. The summed E-state index contributed by atoms with van der Waals surface area (Å²) in [6.07, 6.45) is 5.23. The Bertz CT molecular complexity index is 1070. The topological polar surface area (TPSA) is 87.9 Å².